The van der Waals surface area contributed by atoms with Gasteiger partial charge < -0.3 is 0 Å². The van der Waals surface area contributed by atoms with Crippen LogP contribution in [0.25, 0.3) is 0 Å². The van der Waals surface area contributed by atoms with Crippen LogP contribution in [0, 0.1) is 29.1 Å². The predicted octanol–water partition coefficient (Wildman–Crippen LogP) is 2.30. The first-order valence-electron chi connectivity index (χ1n) is 4.22. The van der Waals surface area contributed by atoms with E-state index in [1.54, 1.807) is 6.42 Å². The molecule has 50 valence electrons. The SMILES string of the molecule is CC1(C)CCC2[C@H]3C1[C@H]23. The zero-order valence-corrected chi connectivity index (χ0v) is 6.22. The molecule has 4 aliphatic rings. The van der Waals surface area contributed by atoms with Crippen molar-refractivity contribution in [2.24, 2.45) is 29.1 Å². The van der Waals surface area contributed by atoms with Crippen molar-refractivity contribution in [2.75, 3.05) is 0 Å². The quantitative estimate of drug-likeness (QED) is 0.462. The molecule has 9 heavy (non-hydrogen) atoms. The van der Waals surface area contributed by atoms with E-state index in [2.05, 4.69) is 13.8 Å². The lowest BCUT2D eigenvalue weighted by Gasteiger charge is -2.36. The van der Waals surface area contributed by atoms with Gasteiger partial charge in [-0.25, -0.2) is 0 Å². The molecular formula is C9H14. The van der Waals surface area contributed by atoms with Gasteiger partial charge in [-0.1, -0.05) is 13.8 Å². The summed E-state index contributed by atoms with van der Waals surface area (Å²) in [6.45, 7) is 4.92. The summed E-state index contributed by atoms with van der Waals surface area (Å²) in [5.41, 5.74) is 0.740. The minimum absolute atomic E-state index is 0.740. The van der Waals surface area contributed by atoms with Crippen LogP contribution in [0.1, 0.15) is 26.7 Å². The first-order chi connectivity index (χ1) is 4.22. The second-order valence-electron chi connectivity index (χ2n) is 4.87. The topological polar surface area (TPSA) is 0 Å². The van der Waals surface area contributed by atoms with E-state index in [4.69, 9.17) is 0 Å². The van der Waals surface area contributed by atoms with Crippen LogP contribution in [0.4, 0.5) is 0 Å². The third-order valence-electron chi connectivity index (χ3n) is 4.01. The highest BCUT2D eigenvalue weighted by molar-refractivity contribution is 5.25. The van der Waals surface area contributed by atoms with Gasteiger partial charge in [0, 0.05) is 0 Å². The summed E-state index contributed by atoms with van der Waals surface area (Å²) in [6.07, 6.45) is 3.06. The van der Waals surface area contributed by atoms with Crippen molar-refractivity contribution in [3.05, 3.63) is 0 Å². The van der Waals surface area contributed by atoms with E-state index in [0.717, 1.165) is 5.41 Å². The molecule has 0 unspecified atom stereocenters. The van der Waals surface area contributed by atoms with Gasteiger partial charge in [0.05, 0.1) is 0 Å². The number of rotatable bonds is 0. The molecule has 4 rings (SSSR count). The Morgan fingerprint density at radius 3 is 2.22 bits per heavy atom. The fraction of sp³-hybridized carbons (Fsp3) is 1.00. The van der Waals surface area contributed by atoms with Crippen molar-refractivity contribution in [3.63, 3.8) is 0 Å². The lowest BCUT2D eigenvalue weighted by atomic mass is 9.69. The smallest absolute Gasteiger partial charge is 0.0295 e. The molecule has 2 atom stereocenters. The number of fused-ring (bicyclic) bond motifs is 2. The van der Waals surface area contributed by atoms with Crippen LogP contribution >= 0.6 is 0 Å². The minimum atomic E-state index is 0.740. The molecule has 0 radical (unpaired) electrons. The van der Waals surface area contributed by atoms with Crippen LogP contribution in [0.5, 0.6) is 0 Å². The monoisotopic (exact) mass is 122 g/mol. The molecule has 0 N–H and O–H groups in total. The van der Waals surface area contributed by atoms with Gasteiger partial charge >= 0.3 is 0 Å². The molecule has 0 saturated heterocycles. The predicted molar refractivity (Wildman–Crippen MR) is 37.0 cm³/mol. The summed E-state index contributed by atoms with van der Waals surface area (Å²) in [5, 5.41) is 0. The second-order valence-corrected chi connectivity index (χ2v) is 4.87. The van der Waals surface area contributed by atoms with Gasteiger partial charge in [-0.2, -0.15) is 0 Å². The Kier molecular flexibility index (Phi) is 0.518. The van der Waals surface area contributed by atoms with Crippen molar-refractivity contribution >= 4 is 0 Å². The fourth-order valence-electron chi connectivity index (χ4n) is 3.31. The van der Waals surface area contributed by atoms with E-state index in [0.29, 0.717) is 0 Å². The van der Waals surface area contributed by atoms with E-state index in [-0.39, 0.29) is 0 Å². The molecule has 4 aliphatic carbocycles. The second kappa shape index (κ2) is 0.980. The Bertz CT molecular complexity index is 159. The van der Waals surface area contributed by atoms with Gasteiger partial charge in [0.2, 0.25) is 0 Å². The summed E-state index contributed by atoms with van der Waals surface area (Å²) in [6, 6.07) is 0. The average molecular weight is 122 g/mol. The summed E-state index contributed by atoms with van der Waals surface area (Å²) >= 11 is 0. The van der Waals surface area contributed by atoms with Crippen LogP contribution < -0.4 is 0 Å². The third-order valence-corrected chi connectivity index (χ3v) is 4.01. The Balaban J connectivity index is 1.92. The van der Waals surface area contributed by atoms with Gasteiger partial charge in [0.25, 0.3) is 0 Å². The van der Waals surface area contributed by atoms with E-state index < -0.39 is 0 Å². The van der Waals surface area contributed by atoms with Crippen LogP contribution in [-0.2, 0) is 0 Å². The molecular weight excluding hydrogens is 108 g/mol. The van der Waals surface area contributed by atoms with E-state index in [9.17, 15) is 0 Å². The van der Waals surface area contributed by atoms with Crippen molar-refractivity contribution in [1.29, 1.82) is 0 Å². The van der Waals surface area contributed by atoms with E-state index in [1.807, 2.05) is 0 Å². The molecule has 0 heterocycles. The normalized spacial score (nSPS) is 64.7. The van der Waals surface area contributed by atoms with Crippen molar-refractivity contribution in [1.82, 2.24) is 0 Å². The van der Waals surface area contributed by atoms with Crippen molar-refractivity contribution in [3.8, 4) is 0 Å². The Morgan fingerprint density at radius 1 is 1.22 bits per heavy atom. The summed E-state index contributed by atoms with van der Waals surface area (Å²) in [7, 11) is 0. The summed E-state index contributed by atoms with van der Waals surface area (Å²) in [4.78, 5) is 0. The van der Waals surface area contributed by atoms with Crippen LogP contribution in [0.2, 0.25) is 0 Å². The lowest BCUT2D eigenvalue weighted by Crippen LogP contribution is -2.27. The highest BCUT2D eigenvalue weighted by atomic mass is 14.8. The van der Waals surface area contributed by atoms with Crippen LogP contribution in [-0.4, -0.2) is 0 Å². The van der Waals surface area contributed by atoms with Crippen molar-refractivity contribution < 1.29 is 0 Å². The van der Waals surface area contributed by atoms with E-state index in [1.165, 1.54) is 30.1 Å². The average Bonchev–Trinajstić information content (AvgIpc) is 2.43. The zero-order valence-electron chi connectivity index (χ0n) is 6.22. The van der Waals surface area contributed by atoms with Crippen LogP contribution in [0.15, 0.2) is 0 Å². The molecule has 4 fully saturated rings. The molecule has 0 aromatic rings. The standard InChI is InChI=1S/C9H14/c1-9(2)4-3-5-6-7(5)8(6)9/h5-8H,3-4H2,1-2H3/t5?,6-,7-,8?/m1/s1. The summed E-state index contributed by atoms with van der Waals surface area (Å²) < 4.78 is 0. The molecule has 0 aromatic heterocycles. The first-order valence-corrected chi connectivity index (χ1v) is 4.22. The largest absolute Gasteiger partial charge is 0.0596 e. The van der Waals surface area contributed by atoms with E-state index >= 15 is 0 Å². The Labute approximate surface area is 56.6 Å². The van der Waals surface area contributed by atoms with Gasteiger partial charge in [0.1, 0.15) is 0 Å². The van der Waals surface area contributed by atoms with Crippen molar-refractivity contribution in [2.45, 2.75) is 26.7 Å². The minimum Gasteiger partial charge on any atom is -0.0596 e. The Hall–Kier alpha value is 0. The molecule has 4 saturated carbocycles. The zero-order chi connectivity index (χ0) is 6.22. The highest BCUT2D eigenvalue weighted by Gasteiger charge is 2.78. The molecule has 0 aromatic carbocycles. The van der Waals surface area contributed by atoms with Gasteiger partial charge in [-0.3, -0.25) is 0 Å². The molecule has 0 heteroatoms. The van der Waals surface area contributed by atoms with Gasteiger partial charge in [-0.15, -0.1) is 0 Å². The Morgan fingerprint density at radius 2 is 1.89 bits per heavy atom. The molecule has 0 nitrogen and oxygen atoms in total. The van der Waals surface area contributed by atoms with Gasteiger partial charge in [0.15, 0.2) is 0 Å². The summed E-state index contributed by atoms with van der Waals surface area (Å²) in [5.74, 6) is 4.86. The fourth-order valence-corrected chi connectivity index (χ4v) is 3.31. The molecule has 2 bridgehead atoms. The van der Waals surface area contributed by atoms with Gasteiger partial charge in [-0.05, 0) is 41.9 Å². The number of hydrogen-bond acceptors (Lipinski definition) is 0. The van der Waals surface area contributed by atoms with Crippen LogP contribution in [0.3, 0.4) is 0 Å². The maximum Gasteiger partial charge on any atom is -0.0295 e. The lowest BCUT2D eigenvalue weighted by molar-refractivity contribution is 0.137. The number of hydrogen-bond donors (Lipinski definition) is 0. The molecule has 0 amide bonds. The third kappa shape index (κ3) is 0.367. The maximum absolute atomic E-state index is 2.46. The molecule has 0 aliphatic heterocycles. The highest BCUT2D eigenvalue weighted by Crippen LogP contribution is 2.83. The molecule has 0 spiro atoms. The maximum atomic E-state index is 2.46. The first kappa shape index (κ1) is 4.76.